The van der Waals surface area contributed by atoms with Crippen LogP contribution in [0, 0.1) is 0 Å². The molecule has 3 aromatic carbocycles. The molecule has 2 aliphatic rings. The average Bonchev–Trinajstić information content (AvgIpc) is 3.33. The number of thioether (sulfide) groups is 1. The van der Waals surface area contributed by atoms with Gasteiger partial charge in [-0.3, -0.25) is 9.59 Å². The van der Waals surface area contributed by atoms with Crippen LogP contribution in [-0.2, 0) is 26.0 Å². The molecule has 2 heterocycles. The van der Waals surface area contributed by atoms with E-state index in [1.165, 1.54) is 22.0 Å². The summed E-state index contributed by atoms with van der Waals surface area (Å²) >= 11 is 1.59. The zero-order valence-electron chi connectivity index (χ0n) is 20.8. The zero-order chi connectivity index (χ0) is 26.5. The van der Waals surface area contributed by atoms with Gasteiger partial charge in [-0.15, -0.1) is 11.8 Å². The predicted octanol–water partition coefficient (Wildman–Crippen LogP) is 3.78. The van der Waals surface area contributed by atoms with Gasteiger partial charge in [0.1, 0.15) is 5.37 Å². The number of rotatable bonds is 8. The lowest BCUT2D eigenvalue weighted by molar-refractivity contribution is -0.128. The van der Waals surface area contributed by atoms with Crippen LogP contribution >= 0.6 is 11.8 Å². The van der Waals surface area contributed by atoms with E-state index in [9.17, 15) is 18.0 Å². The lowest BCUT2D eigenvalue weighted by atomic mass is 10.1. The summed E-state index contributed by atoms with van der Waals surface area (Å²) in [5.41, 5.74) is 3.14. The van der Waals surface area contributed by atoms with Gasteiger partial charge in [-0.2, -0.15) is 4.31 Å². The summed E-state index contributed by atoms with van der Waals surface area (Å²) in [5.74, 6) is 0.270. The van der Waals surface area contributed by atoms with Crippen molar-refractivity contribution in [2.45, 2.75) is 16.7 Å². The third-order valence-corrected chi connectivity index (χ3v) is 9.80. The first-order valence-electron chi connectivity index (χ1n) is 12.5. The van der Waals surface area contributed by atoms with Gasteiger partial charge in [0.2, 0.25) is 15.9 Å². The number of anilines is 1. The van der Waals surface area contributed by atoms with Gasteiger partial charge in [0.15, 0.2) is 0 Å². The minimum absolute atomic E-state index is 0.0794. The van der Waals surface area contributed by atoms with Crippen LogP contribution in [0.25, 0.3) is 0 Å². The van der Waals surface area contributed by atoms with Gasteiger partial charge in [-0.25, -0.2) is 8.42 Å². The molecule has 2 aliphatic heterocycles. The van der Waals surface area contributed by atoms with E-state index in [1.54, 1.807) is 36.0 Å². The molecule has 0 radical (unpaired) electrons. The number of nitrogens with one attached hydrogen (secondary N) is 1. The quantitative estimate of drug-likeness (QED) is 0.458. The number of carbonyl (C=O) groups excluding carboxylic acids is 2. The molecule has 2 amide bonds. The second-order valence-electron chi connectivity index (χ2n) is 9.10. The van der Waals surface area contributed by atoms with Gasteiger partial charge in [0, 0.05) is 30.9 Å². The summed E-state index contributed by atoms with van der Waals surface area (Å²) in [6.45, 7) is 2.06. The van der Waals surface area contributed by atoms with E-state index in [0.29, 0.717) is 49.9 Å². The number of morpholine rings is 1. The Morgan fingerprint density at radius 3 is 2.32 bits per heavy atom. The van der Waals surface area contributed by atoms with Crippen LogP contribution in [0.1, 0.15) is 26.9 Å². The van der Waals surface area contributed by atoms with Crippen molar-refractivity contribution in [2.75, 3.05) is 43.9 Å². The summed E-state index contributed by atoms with van der Waals surface area (Å²) < 4.78 is 32.2. The summed E-state index contributed by atoms with van der Waals surface area (Å²) in [7, 11) is -3.59. The molecule has 2 fully saturated rings. The highest BCUT2D eigenvalue weighted by molar-refractivity contribution is 8.00. The van der Waals surface area contributed by atoms with Crippen LogP contribution in [0.5, 0.6) is 0 Å². The first-order valence-corrected chi connectivity index (χ1v) is 14.9. The van der Waals surface area contributed by atoms with E-state index in [0.717, 1.165) is 12.0 Å². The maximum absolute atomic E-state index is 12.8. The Morgan fingerprint density at radius 1 is 0.947 bits per heavy atom. The predicted molar refractivity (Wildman–Crippen MR) is 147 cm³/mol. The molecule has 0 unspecified atom stereocenters. The molecule has 0 spiro atoms. The molecule has 0 aromatic heterocycles. The Labute approximate surface area is 227 Å². The Hall–Kier alpha value is -3.18. The number of ether oxygens (including phenoxy) is 1. The maximum atomic E-state index is 12.8. The third-order valence-electron chi connectivity index (χ3n) is 6.63. The number of sulfonamides is 1. The molecule has 198 valence electrons. The molecule has 1 N–H and O–H groups in total. The number of hydrogen-bond acceptors (Lipinski definition) is 6. The fourth-order valence-electron chi connectivity index (χ4n) is 4.51. The standard InChI is InChI=1S/C28H29N3O5S2/c32-26-20-37-28(31(26)15-14-21-4-2-1-3-5-21)23-8-6-22(7-9-23)27(33)29-24-10-12-25(13-11-24)38(34,35)30-16-18-36-19-17-30/h1-13,28H,14-20H2,(H,29,33)/t28-/m0/s1. The normalized spacial score (nSPS) is 18.5. The molecule has 1 atom stereocenters. The SMILES string of the molecule is O=C(Nc1ccc(S(=O)(=O)N2CCOCC2)cc1)c1ccc([C@@H]2SCC(=O)N2CCc2ccccc2)cc1. The van der Waals surface area contributed by atoms with Crippen LogP contribution < -0.4 is 5.32 Å². The highest BCUT2D eigenvalue weighted by atomic mass is 32.2. The lowest BCUT2D eigenvalue weighted by Gasteiger charge is -2.26. The second kappa shape index (κ2) is 11.7. The molecule has 0 aliphatic carbocycles. The molecule has 8 nitrogen and oxygen atoms in total. The Balaban J connectivity index is 1.21. The summed E-state index contributed by atoms with van der Waals surface area (Å²) in [6, 6.07) is 23.6. The maximum Gasteiger partial charge on any atom is 0.255 e. The zero-order valence-corrected chi connectivity index (χ0v) is 22.4. The first-order chi connectivity index (χ1) is 18.4. The number of benzene rings is 3. The van der Waals surface area contributed by atoms with Crippen molar-refractivity contribution in [3.63, 3.8) is 0 Å². The van der Waals surface area contributed by atoms with E-state index in [2.05, 4.69) is 17.4 Å². The minimum Gasteiger partial charge on any atom is -0.379 e. The Morgan fingerprint density at radius 2 is 1.63 bits per heavy atom. The summed E-state index contributed by atoms with van der Waals surface area (Å²) in [4.78, 5) is 27.4. The largest absolute Gasteiger partial charge is 0.379 e. The van der Waals surface area contributed by atoms with Crippen LogP contribution in [0.2, 0.25) is 0 Å². The number of amides is 2. The van der Waals surface area contributed by atoms with Crippen molar-refractivity contribution in [1.82, 2.24) is 9.21 Å². The van der Waals surface area contributed by atoms with Crippen LogP contribution in [-0.4, -0.2) is 68.0 Å². The Bertz CT molecular complexity index is 1370. The molecule has 38 heavy (non-hydrogen) atoms. The van der Waals surface area contributed by atoms with E-state index < -0.39 is 10.0 Å². The summed E-state index contributed by atoms with van der Waals surface area (Å²) in [5, 5.41) is 2.74. The smallest absolute Gasteiger partial charge is 0.255 e. The number of carbonyl (C=O) groups is 2. The van der Waals surface area contributed by atoms with Crippen molar-refractivity contribution in [1.29, 1.82) is 0 Å². The lowest BCUT2D eigenvalue weighted by Crippen LogP contribution is -2.40. The second-order valence-corrected chi connectivity index (χ2v) is 12.1. The van der Waals surface area contributed by atoms with Gasteiger partial charge in [0.25, 0.3) is 5.91 Å². The molecule has 2 saturated heterocycles. The van der Waals surface area contributed by atoms with Gasteiger partial charge in [-0.05, 0) is 53.9 Å². The van der Waals surface area contributed by atoms with E-state index in [-0.39, 0.29) is 22.1 Å². The van der Waals surface area contributed by atoms with Crippen molar-refractivity contribution < 1.29 is 22.7 Å². The fraction of sp³-hybridized carbons (Fsp3) is 0.286. The van der Waals surface area contributed by atoms with E-state index >= 15 is 0 Å². The Kier molecular flexibility index (Phi) is 8.13. The third kappa shape index (κ3) is 5.94. The topological polar surface area (TPSA) is 96.0 Å². The average molecular weight is 552 g/mol. The van der Waals surface area contributed by atoms with Gasteiger partial charge in [-0.1, -0.05) is 42.5 Å². The van der Waals surface area contributed by atoms with Crippen molar-refractivity contribution in [3.8, 4) is 0 Å². The van der Waals surface area contributed by atoms with Crippen LogP contribution in [0.3, 0.4) is 0 Å². The molecular formula is C28H29N3O5S2. The van der Waals surface area contributed by atoms with Gasteiger partial charge in [0.05, 0.1) is 23.9 Å². The molecule has 0 bridgehead atoms. The van der Waals surface area contributed by atoms with E-state index in [1.807, 2.05) is 35.2 Å². The summed E-state index contributed by atoms with van der Waals surface area (Å²) in [6.07, 6.45) is 0.788. The fourth-order valence-corrected chi connectivity index (χ4v) is 7.14. The molecule has 10 heteroatoms. The molecule has 3 aromatic rings. The minimum atomic E-state index is -3.59. The number of nitrogens with zero attached hydrogens (tertiary/aromatic N) is 2. The molecule has 5 rings (SSSR count). The van der Waals surface area contributed by atoms with Gasteiger partial charge < -0.3 is 15.0 Å². The van der Waals surface area contributed by atoms with Crippen LogP contribution in [0.15, 0.2) is 83.8 Å². The number of hydrogen-bond donors (Lipinski definition) is 1. The van der Waals surface area contributed by atoms with Crippen LogP contribution in [0.4, 0.5) is 5.69 Å². The van der Waals surface area contributed by atoms with E-state index in [4.69, 9.17) is 4.74 Å². The van der Waals surface area contributed by atoms with Crippen molar-refractivity contribution >= 4 is 39.3 Å². The van der Waals surface area contributed by atoms with Crippen molar-refractivity contribution in [2.24, 2.45) is 0 Å². The highest BCUT2D eigenvalue weighted by Gasteiger charge is 2.32. The first kappa shape index (κ1) is 26.4. The molecular weight excluding hydrogens is 522 g/mol. The van der Waals surface area contributed by atoms with Crippen molar-refractivity contribution in [3.05, 3.63) is 95.6 Å². The highest BCUT2D eigenvalue weighted by Crippen LogP contribution is 2.38. The molecule has 0 saturated carbocycles. The monoisotopic (exact) mass is 551 g/mol. The van der Waals surface area contributed by atoms with Gasteiger partial charge >= 0.3 is 0 Å².